The third kappa shape index (κ3) is 4.56. The summed E-state index contributed by atoms with van der Waals surface area (Å²) >= 11 is 1.56. The number of anilines is 1. The van der Waals surface area contributed by atoms with Crippen molar-refractivity contribution in [1.82, 2.24) is 15.2 Å². The summed E-state index contributed by atoms with van der Waals surface area (Å²) in [6, 6.07) is 6.14. The lowest BCUT2D eigenvalue weighted by molar-refractivity contribution is 0.388. The van der Waals surface area contributed by atoms with E-state index in [0.29, 0.717) is 17.5 Å². The zero-order chi connectivity index (χ0) is 15.1. The number of aryl methyl sites for hydroxylation is 1. The van der Waals surface area contributed by atoms with Crippen molar-refractivity contribution >= 4 is 17.4 Å². The fourth-order valence-electron chi connectivity index (χ4n) is 1.93. The first-order valence-corrected chi connectivity index (χ1v) is 8.09. The van der Waals surface area contributed by atoms with Crippen LogP contribution in [0.3, 0.4) is 0 Å². The first-order valence-electron chi connectivity index (χ1n) is 6.93. The van der Waals surface area contributed by atoms with Crippen LogP contribution in [0.15, 0.2) is 23.0 Å². The average molecular weight is 308 g/mol. The van der Waals surface area contributed by atoms with E-state index in [1.807, 2.05) is 12.1 Å². The summed E-state index contributed by atoms with van der Waals surface area (Å²) < 4.78 is 5.79. The Bertz CT molecular complexity index is 623. The SMILES string of the molecule is CCNc1ccc(OCSCc2n[nH]c(=O)[nH]2)c(CC)c1. The number of benzene rings is 1. The number of rotatable bonds is 8. The first kappa shape index (κ1) is 15.5. The Morgan fingerprint density at radius 3 is 2.90 bits per heavy atom. The van der Waals surface area contributed by atoms with Gasteiger partial charge in [0.2, 0.25) is 0 Å². The molecule has 6 nitrogen and oxygen atoms in total. The van der Waals surface area contributed by atoms with Crippen LogP contribution >= 0.6 is 11.8 Å². The van der Waals surface area contributed by atoms with Gasteiger partial charge < -0.3 is 10.1 Å². The molecule has 3 N–H and O–H groups in total. The first-order chi connectivity index (χ1) is 10.2. The summed E-state index contributed by atoms with van der Waals surface area (Å²) in [6.07, 6.45) is 0.923. The van der Waals surface area contributed by atoms with Crippen molar-refractivity contribution in [2.24, 2.45) is 0 Å². The number of thioether (sulfide) groups is 1. The summed E-state index contributed by atoms with van der Waals surface area (Å²) in [5.41, 5.74) is 2.02. The summed E-state index contributed by atoms with van der Waals surface area (Å²) in [4.78, 5) is 13.5. The molecule has 1 heterocycles. The molecule has 2 aromatic rings. The Labute approximate surface area is 127 Å². The third-order valence-corrected chi connectivity index (χ3v) is 3.67. The maximum absolute atomic E-state index is 10.9. The molecule has 0 spiro atoms. The maximum Gasteiger partial charge on any atom is 0.340 e. The van der Waals surface area contributed by atoms with Crippen molar-refractivity contribution < 1.29 is 4.74 Å². The molecule has 0 radical (unpaired) electrons. The van der Waals surface area contributed by atoms with Gasteiger partial charge in [-0.1, -0.05) is 6.92 Å². The van der Waals surface area contributed by atoms with Crippen LogP contribution in [-0.2, 0) is 12.2 Å². The molecule has 2 rings (SSSR count). The van der Waals surface area contributed by atoms with Gasteiger partial charge in [-0.3, -0.25) is 4.98 Å². The van der Waals surface area contributed by atoms with Gasteiger partial charge in [-0.2, -0.15) is 5.10 Å². The van der Waals surface area contributed by atoms with Crippen LogP contribution in [0, 0.1) is 0 Å². The Balaban J connectivity index is 1.86. The second kappa shape index (κ2) is 7.78. The number of nitrogens with one attached hydrogen (secondary N) is 3. The summed E-state index contributed by atoms with van der Waals surface area (Å²) in [5, 5.41) is 9.48. The van der Waals surface area contributed by atoms with Crippen molar-refractivity contribution in [3.05, 3.63) is 40.1 Å². The minimum atomic E-state index is -0.279. The molecule has 0 atom stereocenters. The highest BCUT2D eigenvalue weighted by Crippen LogP contribution is 2.24. The monoisotopic (exact) mass is 308 g/mol. The number of H-pyrrole nitrogens is 2. The zero-order valence-electron chi connectivity index (χ0n) is 12.2. The molecule has 1 aromatic heterocycles. The number of hydrogen-bond donors (Lipinski definition) is 3. The lowest BCUT2D eigenvalue weighted by atomic mass is 10.1. The number of hydrogen-bond acceptors (Lipinski definition) is 5. The highest BCUT2D eigenvalue weighted by atomic mass is 32.2. The van der Waals surface area contributed by atoms with E-state index in [1.165, 1.54) is 5.56 Å². The van der Waals surface area contributed by atoms with Gasteiger partial charge >= 0.3 is 5.69 Å². The van der Waals surface area contributed by atoms with E-state index in [1.54, 1.807) is 11.8 Å². The van der Waals surface area contributed by atoms with Crippen LogP contribution in [0.1, 0.15) is 25.2 Å². The number of ether oxygens (including phenoxy) is 1. The van der Waals surface area contributed by atoms with Crippen molar-refractivity contribution in [3.8, 4) is 5.75 Å². The molecule has 21 heavy (non-hydrogen) atoms. The second-order valence-electron chi connectivity index (χ2n) is 4.44. The van der Waals surface area contributed by atoms with Gasteiger partial charge in [0.05, 0.1) is 5.75 Å². The summed E-state index contributed by atoms with van der Waals surface area (Å²) in [7, 11) is 0. The Morgan fingerprint density at radius 2 is 2.24 bits per heavy atom. The fraction of sp³-hybridized carbons (Fsp3) is 0.429. The van der Waals surface area contributed by atoms with Gasteiger partial charge in [-0.25, -0.2) is 9.89 Å². The van der Waals surface area contributed by atoms with Crippen molar-refractivity contribution in [2.75, 3.05) is 17.8 Å². The van der Waals surface area contributed by atoms with E-state index in [0.717, 1.165) is 24.4 Å². The molecule has 0 unspecified atom stereocenters. The number of aromatic amines is 2. The van der Waals surface area contributed by atoms with E-state index in [4.69, 9.17) is 4.74 Å². The largest absolute Gasteiger partial charge is 0.483 e. The molecule has 0 aliphatic rings. The molecule has 0 saturated carbocycles. The van der Waals surface area contributed by atoms with Crippen LogP contribution in [0.25, 0.3) is 0 Å². The minimum Gasteiger partial charge on any atom is -0.483 e. The van der Waals surface area contributed by atoms with Gasteiger partial charge in [-0.15, -0.1) is 11.8 Å². The second-order valence-corrected chi connectivity index (χ2v) is 5.37. The Morgan fingerprint density at radius 1 is 1.38 bits per heavy atom. The maximum atomic E-state index is 10.9. The van der Waals surface area contributed by atoms with Gasteiger partial charge in [0.1, 0.15) is 17.5 Å². The standard InChI is InChI=1S/C14H20N4O2S/c1-3-10-7-11(15-4-2)5-6-12(10)20-9-21-8-13-16-14(19)18-17-13/h5-7,15H,3-4,8-9H2,1-2H3,(H2,16,17,18,19). The van der Waals surface area contributed by atoms with Gasteiger partial charge in [-0.05, 0) is 37.1 Å². The van der Waals surface area contributed by atoms with E-state index < -0.39 is 0 Å². The van der Waals surface area contributed by atoms with Crippen LogP contribution in [0.4, 0.5) is 5.69 Å². The van der Waals surface area contributed by atoms with Crippen LogP contribution in [0.5, 0.6) is 5.75 Å². The molecule has 0 saturated heterocycles. The molecule has 114 valence electrons. The lowest BCUT2D eigenvalue weighted by Gasteiger charge is -2.12. The van der Waals surface area contributed by atoms with Gasteiger partial charge in [0.25, 0.3) is 0 Å². The van der Waals surface area contributed by atoms with Gasteiger partial charge in [0.15, 0.2) is 0 Å². The van der Waals surface area contributed by atoms with E-state index in [2.05, 4.69) is 40.4 Å². The quantitative estimate of drug-likeness (QED) is 0.515. The van der Waals surface area contributed by atoms with Crippen molar-refractivity contribution in [2.45, 2.75) is 26.0 Å². The molecule has 0 aliphatic heterocycles. The zero-order valence-corrected chi connectivity index (χ0v) is 13.0. The Kier molecular flexibility index (Phi) is 5.74. The topological polar surface area (TPSA) is 82.8 Å². The highest BCUT2D eigenvalue weighted by Gasteiger charge is 2.04. The van der Waals surface area contributed by atoms with E-state index >= 15 is 0 Å². The fourth-order valence-corrected chi connectivity index (χ4v) is 2.55. The van der Waals surface area contributed by atoms with Crippen LogP contribution in [0.2, 0.25) is 0 Å². The van der Waals surface area contributed by atoms with E-state index in [-0.39, 0.29) is 5.69 Å². The lowest BCUT2D eigenvalue weighted by Crippen LogP contribution is -2.02. The number of nitrogens with zero attached hydrogens (tertiary/aromatic N) is 1. The van der Waals surface area contributed by atoms with Crippen LogP contribution in [-0.4, -0.2) is 27.7 Å². The molecule has 0 fully saturated rings. The molecule has 0 bridgehead atoms. The van der Waals surface area contributed by atoms with E-state index in [9.17, 15) is 4.79 Å². The predicted molar refractivity (Wildman–Crippen MR) is 86.0 cm³/mol. The number of aromatic nitrogens is 3. The third-order valence-electron chi connectivity index (χ3n) is 2.91. The normalized spacial score (nSPS) is 10.6. The van der Waals surface area contributed by atoms with Crippen LogP contribution < -0.4 is 15.7 Å². The van der Waals surface area contributed by atoms with Crippen molar-refractivity contribution in [1.29, 1.82) is 0 Å². The molecule has 7 heteroatoms. The molecular weight excluding hydrogens is 288 g/mol. The summed E-state index contributed by atoms with van der Waals surface area (Å²) in [6.45, 7) is 5.09. The molecule has 0 amide bonds. The minimum absolute atomic E-state index is 0.279. The molecule has 0 aliphatic carbocycles. The van der Waals surface area contributed by atoms with Gasteiger partial charge in [0, 0.05) is 12.2 Å². The Hall–Kier alpha value is -1.89. The highest BCUT2D eigenvalue weighted by molar-refractivity contribution is 7.98. The molecular formula is C14H20N4O2S. The smallest absolute Gasteiger partial charge is 0.340 e. The molecule has 1 aromatic carbocycles. The van der Waals surface area contributed by atoms with Crippen molar-refractivity contribution in [3.63, 3.8) is 0 Å². The summed E-state index contributed by atoms with van der Waals surface area (Å²) in [5.74, 6) is 2.66. The predicted octanol–water partition coefficient (Wildman–Crippen LogP) is 2.36. The average Bonchev–Trinajstić information content (AvgIpc) is 2.90.